The first-order valence-electron chi connectivity index (χ1n) is 6.31. The maximum atomic E-state index is 12.7. The molecule has 0 aliphatic carbocycles. The van der Waals surface area contributed by atoms with Crippen molar-refractivity contribution in [2.75, 3.05) is 6.54 Å². The van der Waals surface area contributed by atoms with Crippen LogP contribution in [0.3, 0.4) is 0 Å². The number of benzene rings is 1. The Morgan fingerprint density at radius 3 is 2.42 bits per heavy atom. The van der Waals surface area contributed by atoms with Crippen molar-refractivity contribution in [3.63, 3.8) is 0 Å². The molecule has 0 saturated carbocycles. The number of carbonyl (C=O) groups excluding carboxylic acids is 1. The van der Waals surface area contributed by atoms with E-state index in [1.807, 2.05) is 0 Å². The first-order valence-corrected chi connectivity index (χ1v) is 6.31. The first kappa shape index (κ1) is 15.1. The van der Waals surface area contributed by atoms with Gasteiger partial charge in [-0.3, -0.25) is 9.59 Å². The van der Waals surface area contributed by atoms with Crippen LogP contribution in [0.2, 0.25) is 0 Å². The number of hydrogen-bond donors (Lipinski definition) is 2. The van der Waals surface area contributed by atoms with Crippen molar-refractivity contribution in [3.05, 3.63) is 35.6 Å². The molecule has 1 aromatic carbocycles. The molecular formula is C14H18FNO3. The molecule has 1 amide bonds. The average Bonchev–Trinajstić information content (AvgIpc) is 2.36. The summed E-state index contributed by atoms with van der Waals surface area (Å²) in [5.41, 5.74) is 0.768. The van der Waals surface area contributed by atoms with Crippen LogP contribution in [0.1, 0.15) is 31.2 Å². The van der Waals surface area contributed by atoms with Crippen LogP contribution in [0.4, 0.5) is 4.39 Å². The molecule has 0 atom stereocenters. The third-order valence-corrected chi connectivity index (χ3v) is 2.67. The van der Waals surface area contributed by atoms with E-state index in [2.05, 4.69) is 5.32 Å². The molecule has 0 aromatic heterocycles. The Balaban J connectivity index is 2.11. The van der Waals surface area contributed by atoms with Crippen molar-refractivity contribution in [2.24, 2.45) is 0 Å². The molecular weight excluding hydrogens is 249 g/mol. The normalized spacial score (nSPS) is 10.2. The van der Waals surface area contributed by atoms with Crippen molar-refractivity contribution in [2.45, 2.75) is 32.1 Å². The van der Waals surface area contributed by atoms with E-state index in [1.54, 1.807) is 12.1 Å². The van der Waals surface area contributed by atoms with Crippen molar-refractivity contribution >= 4 is 11.9 Å². The molecule has 0 unspecified atom stereocenters. The lowest BCUT2D eigenvalue weighted by atomic mass is 10.1. The third kappa shape index (κ3) is 7.18. The fourth-order valence-corrected chi connectivity index (χ4v) is 1.66. The molecule has 1 rings (SSSR count). The Bertz CT molecular complexity index is 417. The zero-order chi connectivity index (χ0) is 14.1. The molecule has 1 aromatic rings. The van der Waals surface area contributed by atoms with Gasteiger partial charge >= 0.3 is 5.97 Å². The van der Waals surface area contributed by atoms with E-state index in [4.69, 9.17) is 5.11 Å². The summed E-state index contributed by atoms with van der Waals surface area (Å²) in [6.45, 7) is 0.541. The second-order valence-corrected chi connectivity index (χ2v) is 4.36. The molecule has 0 bridgehead atoms. The lowest BCUT2D eigenvalue weighted by Gasteiger charge is -2.05. The van der Waals surface area contributed by atoms with Gasteiger partial charge in [-0.25, -0.2) is 4.39 Å². The highest BCUT2D eigenvalue weighted by molar-refractivity contribution is 5.78. The van der Waals surface area contributed by atoms with Crippen molar-refractivity contribution < 1.29 is 19.1 Å². The van der Waals surface area contributed by atoms with E-state index < -0.39 is 5.97 Å². The van der Waals surface area contributed by atoms with E-state index in [9.17, 15) is 14.0 Å². The number of unbranched alkanes of at least 4 members (excludes halogenated alkanes) is 2. The van der Waals surface area contributed by atoms with E-state index >= 15 is 0 Å². The van der Waals surface area contributed by atoms with Crippen LogP contribution in [-0.4, -0.2) is 23.5 Å². The molecule has 0 saturated heterocycles. The highest BCUT2D eigenvalue weighted by atomic mass is 19.1. The maximum absolute atomic E-state index is 12.7. The van der Waals surface area contributed by atoms with Gasteiger partial charge in [-0.2, -0.15) is 0 Å². The number of hydrogen-bond acceptors (Lipinski definition) is 2. The highest BCUT2D eigenvalue weighted by Crippen LogP contribution is 2.03. The first-order chi connectivity index (χ1) is 9.08. The van der Waals surface area contributed by atoms with Crippen LogP contribution < -0.4 is 5.32 Å². The van der Waals surface area contributed by atoms with Crippen LogP contribution >= 0.6 is 0 Å². The van der Waals surface area contributed by atoms with Gasteiger partial charge in [-0.15, -0.1) is 0 Å². The van der Waals surface area contributed by atoms with Crippen LogP contribution in [0.5, 0.6) is 0 Å². The molecule has 104 valence electrons. The summed E-state index contributed by atoms with van der Waals surface area (Å²) >= 11 is 0. The van der Waals surface area contributed by atoms with E-state index in [0.717, 1.165) is 18.4 Å². The number of carboxylic acids is 1. The van der Waals surface area contributed by atoms with Gasteiger partial charge in [-0.05, 0) is 30.5 Å². The molecule has 0 aliphatic rings. The molecule has 0 spiro atoms. The van der Waals surface area contributed by atoms with Gasteiger partial charge in [-0.1, -0.05) is 18.6 Å². The number of carbonyl (C=O) groups is 2. The fourth-order valence-electron chi connectivity index (χ4n) is 1.66. The van der Waals surface area contributed by atoms with Gasteiger partial charge < -0.3 is 10.4 Å². The second kappa shape index (κ2) is 8.24. The largest absolute Gasteiger partial charge is 0.481 e. The van der Waals surface area contributed by atoms with E-state index in [1.165, 1.54) is 12.1 Å². The quantitative estimate of drug-likeness (QED) is 0.709. The Morgan fingerprint density at radius 2 is 1.79 bits per heavy atom. The number of amides is 1. The van der Waals surface area contributed by atoms with Crippen molar-refractivity contribution in [1.82, 2.24) is 5.32 Å². The lowest BCUT2D eigenvalue weighted by molar-refractivity contribution is -0.137. The summed E-state index contributed by atoms with van der Waals surface area (Å²) in [6.07, 6.45) is 2.58. The minimum Gasteiger partial charge on any atom is -0.481 e. The Morgan fingerprint density at radius 1 is 1.11 bits per heavy atom. The molecule has 0 heterocycles. The maximum Gasteiger partial charge on any atom is 0.303 e. The SMILES string of the molecule is O=C(O)CCCCCNC(=O)Cc1ccc(F)cc1. The zero-order valence-corrected chi connectivity index (χ0v) is 10.7. The standard InChI is InChI=1S/C14H18FNO3/c15-12-7-5-11(6-8-12)10-13(17)16-9-3-1-2-4-14(18)19/h5-8H,1-4,9-10H2,(H,16,17)(H,18,19). The number of halogens is 1. The van der Waals surface area contributed by atoms with Crippen LogP contribution in [-0.2, 0) is 16.0 Å². The van der Waals surface area contributed by atoms with Gasteiger partial charge in [0.15, 0.2) is 0 Å². The van der Waals surface area contributed by atoms with Gasteiger partial charge in [0.25, 0.3) is 0 Å². The number of aliphatic carboxylic acids is 1. The summed E-state index contributed by atoms with van der Waals surface area (Å²) in [7, 11) is 0. The smallest absolute Gasteiger partial charge is 0.303 e. The van der Waals surface area contributed by atoms with Gasteiger partial charge in [0.05, 0.1) is 6.42 Å². The number of rotatable bonds is 8. The summed E-state index contributed by atoms with van der Waals surface area (Å²) in [4.78, 5) is 21.8. The van der Waals surface area contributed by atoms with Crippen LogP contribution in [0, 0.1) is 5.82 Å². The molecule has 5 heteroatoms. The van der Waals surface area contributed by atoms with Crippen LogP contribution in [0.15, 0.2) is 24.3 Å². The predicted molar refractivity (Wildman–Crippen MR) is 69.2 cm³/mol. The molecule has 0 radical (unpaired) electrons. The fraction of sp³-hybridized carbons (Fsp3) is 0.429. The number of carboxylic acid groups (broad SMARTS) is 1. The summed E-state index contributed by atoms with van der Waals surface area (Å²) in [6, 6.07) is 5.83. The monoisotopic (exact) mass is 267 g/mol. The van der Waals surface area contributed by atoms with Gasteiger partial charge in [0.2, 0.25) is 5.91 Å². The average molecular weight is 267 g/mol. The lowest BCUT2D eigenvalue weighted by Crippen LogP contribution is -2.26. The van der Waals surface area contributed by atoms with Crippen molar-refractivity contribution in [3.8, 4) is 0 Å². The summed E-state index contributed by atoms with van der Waals surface area (Å²) in [5, 5.41) is 11.2. The zero-order valence-electron chi connectivity index (χ0n) is 10.7. The Kier molecular flexibility index (Phi) is 6.57. The van der Waals surface area contributed by atoms with Gasteiger partial charge in [0.1, 0.15) is 5.82 Å². The Labute approximate surface area is 111 Å². The minimum absolute atomic E-state index is 0.107. The molecule has 0 aliphatic heterocycles. The summed E-state index contributed by atoms with van der Waals surface area (Å²) in [5.74, 6) is -1.22. The van der Waals surface area contributed by atoms with E-state index in [-0.39, 0.29) is 24.6 Å². The van der Waals surface area contributed by atoms with E-state index in [0.29, 0.717) is 13.0 Å². The number of nitrogens with one attached hydrogen (secondary N) is 1. The highest BCUT2D eigenvalue weighted by Gasteiger charge is 2.03. The third-order valence-electron chi connectivity index (χ3n) is 2.67. The Hall–Kier alpha value is -1.91. The molecule has 4 nitrogen and oxygen atoms in total. The molecule has 2 N–H and O–H groups in total. The van der Waals surface area contributed by atoms with Crippen LogP contribution in [0.25, 0.3) is 0 Å². The minimum atomic E-state index is -0.791. The second-order valence-electron chi connectivity index (χ2n) is 4.36. The topological polar surface area (TPSA) is 66.4 Å². The summed E-state index contributed by atoms with van der Waals surface area (Å²) < 4.78 is 12.7. The molecule has 19 heavy (non-hydrogen) atoms. The van der Waals surface area contributed by atoms with Gasteiger partial charge in [0, 0.05) is 13.0 Å². The van der Waals surface area contributed by atoms with Crippen molar-refractivity contribution in [1.29, 1.82) is 0 Å². The molecule has 0 fully saturated rings. The predicted octanol–water partition coefficient (Wildman–Crippen LogP) is 2.13.